The van der Waals surface area contributed by atoms with Gasteiger partial charge in [0.1, 0.15) is 17.1 Å². The lowest BCUT2D eigenvalue weighted by Crippen LogP contribution is -2.27. The van der Waals surface area contributed by atoms with Crippen LogP contribution < -0.4 is 14.8 Å². The van der Waals surface area contributed by atoms with E-state index in [1.165, 1.54) is 0 Å². The molecule has 2 aromatic carbocycles. The van der Waals surface area contributed by atoms with Crippen LogP contribution in [0.15, 0.2) is 46.9 Å². The number of furan rings is 1. The topological polar surface area (TPSA) is 60.7 Å². The number of amides is 1. The molecule has 0 saturated carbocycles. The lowest BCUT2D eigenvalue weighted by Gasteiger charge is -2.18. The van der Waals surface area contributed by atoms with Crippen molar-refractivity contribution in [3.8, 4) is 11.5 Å². The Morgan fingerprint density at radius 2 is 1.88 bits per heavy atom. The summed E-state index contributed by atoms with van der Waals surface area (Å²) >= 11 is 0. The molecule has 0 bridgehead atoms. The van der Waals surface area contributed by atoms with E-state index in [9.17, 15) is 4.79 Å². The van der Waals surface area contributed by atoms with Gasteiger partial charge in [0.25, 0.3) is 5.91 Å². The summed E-state index contributed by atoms with van der Waals surface area (Å²) in [7, 11) is 3.20. The number of nitrogens with one attached hydrogen (secondary N) is 1. The highest BCUT2D eigenvalue weighted by molar-refractivity contribution is 5.99. The van der Waals surface area contributed by atoms with Crippen molar-refractivity contribution < 1.29 is 18.7 Å². The Kier molecular flexibility index (Phi) is 4.65. The van der Waals surface area contributed by atoms with Gasteiger partial charge in [0.2, 0.25) is 0 Å². The van der Waals surface area contributed by atoms with Crippen LogP contribution in [0.5, 0.6) is 11.5 Å². The number of benzene rings is 2. The number of carbonyl (C=O) groups excluding carboxylic acids is 1. The molecule has 0 aliphatic heterocycles. The summed E-state index contributed by atoms with van der Waals surface area (Å²) in [5.41, 5.74) is 2.37. The van der Waals surface area contributed by atoms with Crippen LogP contribution in [0.3, 0.4) is 0 Å². The third-order valence-corrected chi connectivity index (χ3v) is 4.30. The number of fused-ring (bicyclic) bond motifs is 1. The van der Waals surface area contributed by atoms with E-state index in [0.717, 1.165) is 16.5 Å². The molecule has 1 atom stereocenters. The molecule has 1 heterocycles. The summed E-state index contributed by atoms with van der Waals surface area (Å²) in [6.07, 6.45) is 0. The van der Waals surface area contributed by atoms with Crippen molar-refractivity contribution >= 4 is 16.9 Å². The summed E-state index contributed by atoms with van der Waals surface area (Å²) in [6, 6.07) is 12.8. The van der Waals surface area contributed by atoms with Crippen LogP contribution in [0.1, 0.15) is 34.6 Å². The molecular weight excluding hydrogens is 318 g/mol. The van der Waals surface area contributed by atoms with E-state index in [4.69, 9.17) is 13.9 Å². The van der Waals surface area contributed by atoms with Crippen molar-refractivity contribution in [3.05, 3.63) is 59.4 Å². The fourth-order valence-corrected chi connectivity index (χ4v) is 2.91. The molecule has 1 N–H and O–H groups in total. The summed E-state index contributed by atoms with van der Waals surface area (Å²) in [5.74, 6) is 1.47. The smallest absolute Gasteiger partial charge is 0.287 e. The van der Waals surface area contributed by atoms with Crippen molar-refractivity contribution in [1.29, 1.82) is 0 Å². The predicted octanol–water partition coefficient (Wildman–Crippen LogP) is 4.25. The minimum absolute atomic E-state index is 0.258. The molecule has 5 nitrogen and oxygen atoms in total. The second kappa shape index (κ2) is 6.89. The van der Waals surface area contributed by atoms with Crippen molar-refractivity contribution in [2.75, 3.05) is 14.2 Å². The SMILES string of the molecule is COc1ccc(OC)c(C(C)NC(=O)c2oc3ccccc3c2C)c1. The number of aryl methyl sites for hydroxylation is 1. The standard InChI is InChI=1S/C20H21NO4/c1-12-15-7-5-6-8-18(15)25-19(12)20(22)21-13(2)16-11-14(23-3)9-10-17(16)24-4/h5-11,13H,1-4H3,(H,21,22). The van der Waals surface area contributed by atoms with E-state index in [1.54, 1.807) is 14.2 Å². The second-order valence-electron chi connectivity index (χ2n) is 5.86. The molecule has 3 rings (SSSR count). The van der Waals surface area contributed by atoms with Crippen LogP contribution in [0.4, 0.5) is 0 Å². The molecule has 25 heavy (non-hydrogen) atoms. The van der Waals surface area contributed by atoms with Gasteiger partial charge in [-0.2, -0.15) is 0 Å². The van der Waals surface area contributed by atoms with Crippen molar-refractivity contribution in [1.82, 2.24) is 5.32 Å². The number of methoxy groups -OCH3 is 2. The van der Waals surface area contributed by atoms with Gasteiger partial charge < -0.3 is 19.2 Å². The van der Waals surface area contributed by atoms with Gasteiger partial charge in [0.05, 0.1) is 20.3 Å². The van der Waals surface area contributed by atoms with Crippen LogP contribution in [0.25, 0.3) is 11.0 Å². The van der Waals surface area contributed by atoms with E-state index in [1.807, 2.05) is 56.3 Å². The average Bonchev–Trinajstić information content (AvgIpc) is 2.98. The Labute approximate surface area is 146 Å². The highest BCUT2D eigenvalue weighted by Crippen LogP contribution is 2.30. The van der Waals surface area contributed by atoms with Crippen molar-refractivity contribution in [2.24, 2.45) is 0 Å². The molecule has 1 aromatic heterocycles. The number of para-hydroxylation sites is 1. The number of hydrogen-bond acceptors (Lipinski definition) is 4. The first-order chi connectivity index (χ1) is 12.0. The zero-order chi connectivity index (χ0) is 18.0. The van der Waals surface area contributed by atoms with Gasteiger partial charge in [-0.05, 0) is 38.1 Å². The van der Waals surface area contributed by atoms with Gasteiger partial charge in [-0.1, -0.05) is 18.2 Å². The average molecular weight is 339 g/mol. The first-order valence-corrected chi connectivity index (χ1v) is 8.06. The van der Waals surface area contributed by atoms with Gasteiger partial charge >= 0.3 is 0 Å². The molecule has 130 valence electrons. The highest BCUT2D eigenvalue weighted by atomic mass is 16.5. The first kappa shape index (κ1) is 16.9. The first-order valence-electron chi connectivity index (χ1n) is 8.06. The number of carbonyl (C=O) groups is 1. The number of ether oxygens (including phenoxy) is 2. The summed E-state index contributed by atoms with van der Waals surface area (Å²) in [5, 5.41) is 3.92. The molecule has 0 fully saturated rings. The van der Waals surface area contributed by atoms with E-state index in [-0.39, 0.29) is 11.9 Å². The molecule has 0 aliphatic rings. The molecule has 0 saturated heterocycles. The largest absolute Gasteiger partial charge is 0.497 e. The van der Waals surface area contributed by atoms with E-state index >= 15 is 0 Å². The Morgan fingerprint density at radius 1 is 1.12 bits per heavy atom. The summed E-state index contributed by atoms with van der Waals surface area (Å²) < 4.78 is 16.4. The Hall–Kier alpha value is -2.95. The quantitative estimate of drug-likeness (QED) is 0.755. The van der Waals surface area contributed by atoms with Crippen LogP contribution in [0.2, 0.25) is 0 Å². The minimum Gasteiger partial charge on any atom is -0.497 e. The molecule has 0 aliphatic carbocycles. The number of hydrogen-bond donors (Lipinski definition) is 1. The van der Waals surface area contributed by atoms with Gasteiger partial charge in [-0.3, -0.25) is 4.79 Å². The molecule has 5 heteroatoms. The minimum atomic E-state index is -0.273. The second-order valence-corrected chi connectivity index (χ2v) is 5.86. The Bertz CT molecular complexity index is 913. The van der Waals surface area contributed by atoms with Gasteiger partial charge in [-0.15, -0.1) is 0 Å². The van der Waals surface area contributed by atoms with E-state index in [0.29, 0.717) is 22.8 Å². The zero-order valence-corrected chi connectivity index (χ0v) is 14.8. The van der Waals surface area contributed by atoms with Crippen LogP contribution in [0, 0.1) is 6.92 Å². The fraction of sp³-hybridized carbons (Fsp3) is 0.250. The summed E-state index contributed by atoms with van der Waals surface area (Å²) in [4.78, 5) is 12.7. The predicted molar refractivity (Wildman–Crippen MR) is 96.4 cm³/mol. The third kappa shape index (κ3) is 3.18. The zero-order valence-electron chi connectivity index (χ0n) is 14.8. The Balaban J connectivity index is 1.88. The maximum atomic E-state index is 12.7. The monoisotopic (exact) mass is 339 g/mol. The molecule has 1 amide bonds. The molecule has 1 unspecified atom stereocenters. The normalized spacial score (nSPS) is 12.0. The molecule has 0 spiro atoms. The maximum absolute atomic E-state index is 12.7. The molecule has 3 aromatic rings. The van der Waals surface area contributed by atoms with Crippen LogP contribution in [-0.4, -0.2) is 20.1 Å². The molecular formula is C20H21NO4. The molecule has 0 radical (unpaired) electrons. The fourth-order valence-electron chi connectivity index (χ4n) is 2.91. The Morgan fingerprint density at radius 3 is 2.56 bits per heavy atom. The van der Waals surface area contributed by atoms with Crippen molar-refractivity contribution in [2.45, 2.75) is 19.9 Å². The van der Waals surface area contributed by atoms with E-state index in [2.05, 4.69) is 5.32 Å². The van der Waals surface area contributed by atoms with Gasteiger partial charge in [0, 0.05) is 16.5 Å². The highest BCUT2D eigenvalue weighted by Gasteiger charge is 2.21. The number of rotatable bonds is 5. The lowest BCUT2D eigenvalue weighted by molar-refractivity contribution is 0.0912. The maximum Gasteiger partial charge on any atom is 0.287 e. The summed E-state index contributed by atoms with van der Waals surface area (Å²) in [6.45, 7) is 3.78. The third-order valence-electron chi connectivity index (χ3n) is 4.30. The van der Waals surface area contributed by atoms with Crippen LogP contribution in [-0.2, 0) is 0 Å². The lowest BCUT2D eigenvalue weighted by atomic mass is 10.1. The van der Waals surface area contributed by atoms with E-state index < -0.39 is 0 Å². The van der Waals surface area contributed by atoms with Gasteiger partial charge in [0.15, 0.2) is 5.76 Å². The van der Waals surface area contributed by atoms with Crippen molar-refractivity contribution in [3.63, 3.8) is 0 Å². The van der Waals surface area contributed by atoms with Crippen LogP contribution >= 0.6 is 0 Å². The van der Waals surface area contributed by atoms with Gasteiger partial charge in [-0.25, -0.2) is 0 Å².